The van der Waals surface area contributed by atoms with Crippen LogP contribution in [-0.2, 0) is 9.53 Å². The first kappa shape index (κ1) is 15.4. The molecule has 6 heteroatoms. The highest BCUT2D eigenvalue weighted by Crippen LogP contribution is 2.31. The second kappa shape index (κ2) is 7.71. The number of carbonyl (C=O) groups excluding carboxylic acids is 1. The van der Waals surface area contributed by atoms with Gasteiger partial charge >= 0.3 is 0 Å². The molecule has 1 aromatic carbocycles. The molecule has 0 unspecified atom stereocenters. The number of carbonyl (C=O) groups is 1. The van der Waals surface area contributed by atoms with Crippen molar-refractivity contribution >= 4 is 39.1 Å². The van der Waals surface area contributed by atoms with E-state index in [1.54, 1.807) is 0 Å². The summed E-state index contributed by atoms with van der Waals surface area (Å²) in [6.07, 6.45) is 0.969. The van der Waals surface area contributed by atoms with Crippen molar-refractivity contribution in [1.29, 1.82) is 0 Å². The van der Waals surface area contributed by atoms with E-state index in [0.717, 1.165) is 6.07 Å². The third-order valence-corrected chi connectivity index (χ3v) is 3.09. The van der Waals surface area contributed by atoms with Gasteiger partial charge in [0.05, 0.1) is 10.7 Å². The average molecular weight is 339 g/mol. The normalized spacial score (nSPS) is 10.4. The standard InChI is InChI=1S/C12H14BrClFNO2/c1-2-18-5-3-4-11(17)16-12-9(13)6-8(15)7-10(12)14/h6-7H,2-5H2,1H3,(H,16,17). The van der Waals surface area contributed by atoms with Crippen molar-refractivity contribution in [3.05, 3.63) is 27.4 Å². The van der Waals surface area contributed by atoms with Gasteiger partial charge in [-0.05, 0) is 41.4 Å². The Bertz CT molecular complexity index is 406. The highest BCUT2D eigenvalue weighted by atomic mass is 79.9. The molecule has 0 bridgehead atoms. The lowest BCUT2D eigenvalue weighted by Gasteiger charge is -2.09. The van der Waals surface area contributed by atoms with Gasteiger partial charge in [-0.1, -0.05) is 11.6 Å². The number of benzene rings is 1. The predicted octanol–water partition coefficient (Wildman–Crippen LogP) is 4.00. The van der Waals surface area contributed by atoms with E-state index in [4.69, 9.17) is 16.3 Å². The lowest BCUT2D eigenvalue weighted by atomic mass is 10.2. The molecule has 0 fully saturated rings. The van der Waals surface area contributed by atoms with Crippen LogP contribution in [0, 0.1) is 5.82 Å². The van der Waals surface area contributed by atoms with Gasteiger partial charge in [0.25, 0.3) is 0 Å². The fourth-order valence-electron chi connectivity index (χ4n) is 1.34. The first-order valence-electron chi connectivity index (χ1n) is 5.56. The molecule has 0 saturated carbocycles. The van der Waals surface area contributed by atoms with Gasteiger partial charge in [0.15, 0.2) is 0 Å². The topological polar surface area (TPSA) is 38.3 Å². The van der Waals surface area contributed by atoms with Gasteiger partial charge in [-0.25, -0.2) is 4.39 Å². The Morgan fingerprint density at radius 2 is 2.28 bits per heavy atom. The molecular weight excluding hydrogens is 324 g/mol. The number of hydrogen-bond acceptors (Lipinski definition) is 2. The van der Waals surface area contributed by atoms with E-state index in [1.807, 2.05) is 6.92 Å². The van der Waals surface area contributed by atoms with Crippen LogP contribution < -0.4 is 5.32 Å². The van der Waals surface area contributed by atoms with Crippen molar-refractivity contribution in [2.24, 2.45) is 0 Å². The molecule has 0 heterocycles. The van der Waals surface area contributed by atoms with Crippen molar-refractivity contribution in [3.8, 4) is 0 Å². The molecule has 18 heavy (non-hydrogen) atoms. The second-order valence-electron chi connectivity index (χ2n) is 3.59. The summed E-state index contributed by atoms with van der Waals surface area (Å²) in [5.74, 6) is -0.634. The molecular formula is C12H14BrClFNO2. The van der Waals surface area contributed by atoms with Crippen molar-refractivity contribution in [2.45, 2.75) is 19.8 Å². The third-order valence-electron chi connectivity index (χ3n) is 2.17. The Kier molecular flexibility index (Phi) is 6.60. The van der Waals surface area contributed by atoms with Crippen LogP contribution in [0.4, 0.5) is 10.1 Å². The zero-order valence-corrected chi connectivity index (χ0v) is 12.3. The smallest absolute Gasteiger partial charge is 0.224 e. The van der Waals surface area contributed by atoms with E-state index in [0.29, 0.717) is 36.2 Å². The van der Waals surface area contributed by atoms with Crippen molar-refractivity contribution in [3.63, 3.8) is 0 Å². The van der Waals surface area contributed by atoms with E-state index in [2.05, 4.69) is 21.2 Å². The molecule has 3 nitrogen and oxygen atoms in total. The summed E-state index contributed by atoms with van der Waals surface area (Å²) in [6.45, 7) is 3.08. The summed E-state index contributed by atoms with van der Waals surface area (Å²) in [4.78, 5) is 11.6. The second-order valence-corrected chi connectivity index (χ2v) is 4.85. The van der Waals surface area contributed by atoms with Crippen LogP contribution in [0.15, 0.2) is 16.6 Å². The highest BCUT2D eigenvalue weighted by Gasteiger charge is 2.11. The van der Waals surface area contributed by atoms with Crippen LogP contribution >= 0.6 is 27.5 Å². The first-order valence-corrected chi connectivity index (χ1v) is 6.73. The largest absolute Gasteiger partial charge is 0.382 e. The SMILES string of the molecule is CCOCCCC(=O)Nc1c(Cl)cc(F)cc1Br. The zero-order chi connectivity index (χ0) is 13.5. The van der Waals surface area contributed by atoms with Gasteiger partial charge in [0.2, 0.25) is 5.91 Å². The number of rotatable bonds is 6. The van der Waals surface area contributed by atoms with Gasteiger partial charge in [-0.2, -0.15) is 0 Å². The molecule has 0 saturated heterocycles. The minimum atomic E-state index is -0.457. The van der Waals surface area contributed by atoms with Gasteiger partial charge in [-0.15, -0.1) is 0 Å². The zero-order valence-electron chi connectivity index (χ0n) is 9.93. The van der Waals surface area contributed by atoms with Crippen molar-refractivity contribution in [1.82, 2.24) is 0 Å². The van der Waals surface area contributed by atoms with Crippen LogP contribution in [0.5, 0.6) is 0 Å². The van der Waals surface area contributed by atoms with E-state index >= 15 is 0 Å². The van der Waals surface area contributed by atoms with Crippen molar-refractivity contribution < 1.29 is 13.9 Å². The molecule has 0 aliphatic carbocycles. The number of ether oxygens (including phenoxy) is 1. The summed E-state index contributed by atoms with van der Waals surface area (Å²) in [6, 6.07) is 2.41. The highest BCUT2D eigenvalue weighted by molar-refractivity contribution is 9.10. The van der Waals surface area contributed by atoms with Gasteiger partial charge in [0, 0.05) is 24.1 Å². The fraction of sp³-hybridized carbons (Fsp3) is 0.417. The lowest BCUT2D eigenvalue weighted by Crippen LogP contribution is -2.13. The molecule has 0 spiro atoms. The molecule has 1 amide bonds. The summed E-state index contributed by atoms with van der Waals surface area (Å²) < 4.78 is 18.5. The van der Waals surface area contributed by atoms with Crippen LogP contribution in [0.2, 0.25) is 5.02 Å². The van der Waals surface area contributed by atoms with Crippen LogP contribution in [0.1, 0.15) is 19.8 Å². The van der Waals surface area contributed by atoms with Gasteiger partial charge in [0.1, 0.15) is 5.82 Å². The Hall–Kier alpha value is -0.650. The summed E-state index contributed by atoms with van der Waals surface area (Å²) in [7, 11) is 0. The number of hydrogen-bond donors (Lipinski definition) is 1. The summed E-state index contributed by atoms with van der Waals surface area (Å²) in [5, 5.41) is 2.81. The monoisotopic (exact) mass is 337 g/mol. The first-order chi connectivity index (χ1) is 8.54. The minimum Gasteiger partial charge on any atom is -0.382 e. The number of anilines is 1. The number of halogens is 3. The van der Waals surface area contributed by atoms with Gasteiger partial charge in [-0.3, -0.25) is 4.79 Å². The summed E-state index contributed by atoms with van der Waals surface area (Å²) >= 11 is 9.01. The maximum atomic E-state index is 13.0. The maximum absolute atomic E-state index is 13.0. The molecule has 1 N–H and O–H groups in total. The molecule has 1 rings (SSSR count). The van der Waals surface area contributed by atoms with E-state index in [1.165, 1.54) is 6.07 Å². The lowest BCUT2D eigenvalue weighted by molar-refractivity contribution is -0.116. The van der Waals surface area contributed by atoms with Crippen LogP contribution in [-0.4, -0.2) is 19.1 Å². The Morgan fingerprint density at radius 1 is 1.56 bits per heavy atom. The van der Waals surface area contributed by atoms with Gasteiger partial charge < -0.3 is 10.1 Å². The summed E-state index contributed by atoms with van der Waals surface area (Å²) in [5.41, 5.74) is 0.388. The third kappa shape index (κ3) is 4.92. The molecule has 0 aliphatic heterocycles. The molecule has 0 radical (unpaired) electrons. The molecule has 100 valence electrons. The number of amides is 1. The quantitative estimate of drug-likeness (QED) is 0.796. The fourth-order valence-corrected chi connectivity index (χ4v) is 2.24. The number of nitrogens with one attached hydrogen (secondary N) is 1. The Balaban J connectivity index is 2.54. The molecule has 0 aliphatic rings. The maximum Gasteiger partial charge on any atom is 0.224 e. The van der Waals surface area contributed by atoms with E-state index in [-0.39, 0.29) is 10.9 Å². The van der Waals surface area contributed by atoms with Crippen LogP contribution in [0.25, 0.3) is 0 Å². The van der Waals surface area contributed by atoms with E-state index in [9.17, 15) is 9.18 Å². The molecule has 0 atom stereocenters. The molecule has 0 aromatic heterocycles. The predicted molar refractivity (Wildman–Crippen MR) is 73.5 cm³/mol. The molecule has 1 aromatic rings. The Morgan fingerprint density at radius 3 is 2.89 bits per heavy atom. The van der Waals surface area contributed by atoms with Crippen LogP contribution in [0.3, 0.4) is 0 Å². The Labute approximate surface area is 119 Å². The minimum absolute atomic E-state index is 0.167. The van der Waals surface area contributed by atoms with E-state index < -0.39 is 5.82 Å². The van der Waals surface area contributed by atoms with Crippen molar-refractivity contribution in [2.75, 3.05) is 18.5 Å². The average Bonchev–Trinajstić information content (AvgIpc) is 2.29.